The van der Waals surface area contributed by atoms with Gasteiger partial charge in [-0.15, -0.1) is 23.5 Å². The number of phenols is 1. The van der Waals surface area contributed by atoms with Crippen molar-refractivity contribution in [3.8, 4) is 92.6 Å². The minimum Gasteiger partial charge on any atom is -0.504 e. The molecule has 4 saturated heterocycles. The first kappa shape index (κ1) is 103. The van der Waals surface area contributed by atoms with Gasteiger partial charge < -0.3 is 95.1 Å². The summed E-state index contributed by atoms with van der Waals surface area (Å²) >= 11 is 2.70. The van der Waals surface area contributed by atoms with Crippen molar-refractivity contribution in [1.82, 2.24) is 30.2 Å². The Morgan fingerprint density at radius 3 is 1.26 bits per heavy atom. The van der Waals surface area contributed by atoms with Gasteiger partial charge in [0.05, 0.1) is 99.4 Å². The van der Waals surface area contributed by atoms with E-state index in [0.717, 1.165) is 16.7 Å². The Hall–Kier alpha value is -12.5. The molecule has 2 unspecified atom stereocenters. The molecule has 14 heterocycles. The molecule has 2 amide bonds. The molecule has 6 aromatic rings. The quantitative estimate of drug-likeness (QED) is 0.0356. The lowest BCUT2D eigenvalue weighted by Gasteiger charge is -2.62. The average molecular weight is 1990 g/mol. The number of aryl methyl sites for hydroxylation is 2. The van der Waals surface area contributed by atoms with Crippen molar-refractivity contribution < 1.29 is 133 Å². The molecular weight excluding hydrogens is 1860 g/mol. The molecular formula is C103H124N8O28S2. The maximum absolute atomic E-state index is 15.3. The van der Waals surface area contributed by atoms with Crippen LogP contribution in [0.4, 0.5) is 19.2 Å². The van der Waals surface area contributed by atoms with Gasteiger partial charge in [-0.2, -0.15) is 10.5 Å². The highest BCUT2D eigenvalue weighted by atomic mass is 32.2. The Balaban J connectivity index is 0.000000210. The van der Waals surface area contributed by atoms with Crippen LogP contribution < -0.4 is 72.2 Å². The van der Waals surface area contributed by atoms with Crippen LogP contribution in [0.2, 0.25) is 0 Å². The number of aromatic hydroxyl groups is 1. The van der Waals surface area contributed by atoms with Crippen LogP contribution in [0.1, 0.15) is 235 Å². The number of thioether (sulfide) groups is 2. The van der Waals surface area contributed by atoms with Crippen LogP contribution in [0.5, 0.6) is 80.5 Å². The second-order valence-corrected chi connectivity index (χ2v) is 42.6. The molecule has 14 atom stereocenters. The molecule has 20 rings (SSSR count). The molecule has 14 aliphatic heterocycles. The van der Waals surface area contributed by atoms with Gasteiger partial charge in [0.25, 0.3) is 0 Å². The lowest BCUT2D eigenvalue weighted by molar-refractivity contribution is -0.158. The van der Waals surface area contributed by atoms with E-state index in [2.05, 4.69) is 34.3 Å². The van der Waals surface area contributed by atoms with E-state index < -0.39 is 153 Å². The van der Waals surface area contributed by atoms with Crippen molar-refractivity contribution >= 4 is 71.9 Å². The van der Waals surface area contributed by atoms with Crippen molar-refractivity contribution in [3.05, 3.63) is 138 Å². The van der Waals surface area contributed by atoms with E-state index in [1.54, 1.807) is 144 Å². The Kier molecular flexibility index (Phi) is 28.0. The molecule has 0 aromatic heterocycles. The predicted octanol–water partition coefficient (Wildman–Crippen LogP) is 15.9. The summed E-state index contributed by atoms with van der Waals surface area (Å²) in [6, 6.07) is 6.47. The Bertz CT molecular complexity index is 6200. The fourth-order valence-electron chi connectivity index (χ4n) is 22.1. The number of nitrogens with one attached hydrogen (secondary N) is 2. The summed E-state index contributed by atoms with van der Waals surface area (Å²) < 4.78 is 115. The summed E-state index contributed by atoms with van der Waals surface area (Å²) in [6.07, 6.45) is -0.292. The third-order valence-electron chi connectivity index (χ3n) is 26.9. The highest BCUT2D eigenvalue weighted by Gasteiger charge is 2.68. The van der Waals surface area contributed by atoms with Gasteiger partial charge in [-0.1, -0.05) is 39.6 Å². The number of piperazine rings is 2. The molecule has 4 fully saturated rings. The number of carbonyl (C=O) groups is 8. The number of fused-ring (bicyclic) bond motifs is 18. The number of amides is 2. The molecule has 756 valence electrons. The number of methoxy groups -OCH3 is 4. The number of nitriles is 2. The van der Waals surface area contributed by atoms with E-state index in [-0.39, 0.29) is 119 Å². The van der Waals surface area contributed by atoms with Crippen LogP contribution in [-0.2, 0) is 84.4 Å². The topological polar surface area (TPSA) is 417 Å². The predicted molar refractivity (Wildman–Crippen MR) is 514 cm³/mol. The molecule has 0 radical (unpaired) electrons. The first-order valence-corrected chi connectivity index (χ1v) is 48.2. The van der Waals surface area contributed by atoms with Gasteiger partial charge in [0.2, 0.25) is 13.6 Å². The fourth-order valence-corrected chi connectivity index (χ4v) is 25.5. The van der Waals surface area contributed by atoms with E-state index in [1.165, 1.54) is 58.7 Å². The van der Waals surface area contributed by atoms with Crippen LogP contribution in [-0.4, -0.2) is 218 Å². The summed E-state index contributed by atoms with van der Waals surface area (Å²) in [5, 5.41) is 40.9. The highest BCUT2D eigenvalue weighted by molar-refractivity contribution is 7.99. The van der Waals surface area contributed by atoms with E-state index in [4.69, 9.17) is 90.0 Å². The van der Waals surface area contributed by atoms with Crippen LogP contribution in [0.25, 0.3) is 0 Å². The lowest BCUT2D eigenvalue weighted by atomic mass is 9.71. The zero-order valence-electron chi connectivity index (χ0n) is 81.8. The van der Waals surface area contributed by atoms with E-state index >= 15 is 14.4 Å². The van der Waals surface area contributed by atoms with Gasteiger partial charge in [0.1, 0.15) is 65.8 Å². The second kappa shape index (κ2) is 38.4. The summed E-state index contributed by atoms with van der Waals surface area (Å²) in [4.78, 5) is 120. The van der Waals surface area contributed by atoms with Gasteiger partial charge in [-0.05, 0) is 205 Å². The third kappa shape index (κ3) is 17.9. The third-order valence-corrected chi connectivity index (χ3v) is 29.9. The fraction of sp³-hybridized carbons (Fsp3) is 0.534. The van der Waals surface area contributed by atoms with Crippen molar-refractivity contribution in [2.45, 2.75) is 270 Å². The number of hydrogen-bond acceptors (Lipinski definition) is 36. The van der Waals surface area contributed by atoms with Gasteiger partial charge >= 0.3 is 48.4 Å². The van der Waals surface area contributed by atoms with Gasteiger partial charge in [0, 0.05) is 83.0 Å². The summed E-state index contributed by atoms with van der Waals surface area (Å²) in [5.41, 5.74) is 2.94. The molecule has 141 heavy (non-hydrogen) atoms. The highest BCUT2D eigenvalue weighted by Crippen LogP contribution is 2.69. The number of esters is 4. The maximum Gasteiger partial charge on any atom is 0.514 e. The largest absolute Gasteiger partial charge is 0.514 e. The monoisotopic (exact) mass is 1980 g/mol. The average Bonchev–Trinajstić information content (AvgIpc) is 1.46. The number of nitrogens with zero attached hydrogens (tertiary/aromatic N) is 6. The Morgan fingerprint density at radius 1 is 0.496 bits per heavy atom. The molecule has 8 bridgehead atoms. The molecule has 3 N–H and O–H groups in total. The van der Waals surface area contributed by atoms with Gasteiger partial charge in [-0.25, -0.2) is 28.8 Å². The van der Waals surface area contributed by atoms with E-state index in [1.807, 2.05) is 30.9 Å². The molecule has 2 spiro atoms. The standard InChI is InChI=1S/C52H60N4O14S.C49H56N4O14S.2CH4/c1-13-16-63-44-36-29(17-25(2)41(44)62-12)18-31-32(21-53)55-33-22-64-47(58)52(30-20-34(61-11)35(19-28(30)14-15-54-52)68-49(60)70-51(8,9)10)23-71-46(40(55)39(36)56(31)48(59)69-50(5,6)7)38-37(33)45-43(65-24-66-45)26(3)42(38)67-27(4)57;1-22-14-26-15-28-29(18-50)52-30-19-61-44(56)49(27-17-31(59-10)32(16-25(27)12-13-51-49)65-46(58)67-48(7,8)9)20-68-43(35-34(30)42-41(62-21-63-42)23(2)40(35)64-24(3)54)37(52)36(33(26)38(55)39(22)60-11)53(28)45(57)66-47(4,5)6;;/h13,17,19-20,31-33,39-40,46,54H,1,14-16,18,22-24H2,2-12H3;14,16-17,28-30,36-37,43,51,55H,12-13,15,19-21H2,1-11H3;2*1H4/t31-,32-,33-,39+,40?,46+,52+;28-,29-,30-,36+,37?,43+,49+;;/m00../s1. The zero-order chi connectivity index (χ0) is 100.0. The normalized spacial score (nSPS) is 25.0. The van der Waals surface area contributed by atoms with Gasteiger partial charge in [0.15, 0.2) is 80.1 Å². The molecule has 0 saturated carbocycles. The minimum atomic E-state index is -1.56. The number of hydrogen-bond donors (Lipinski definition) is 3. The van der Waals surface area contributed by atoms with E-state index in [9.17, 15) is 39.6 Å². The minimum absolute atomic E-state index is 0. The number of benzene rings is 6. The van der Waals surface area contributed by atoms with Crippen molar-refractivity contribution in [3.63, 3.8) is 0 Å². The molecule has 0 aliphatic carbocycles. The molecule has 14 aliphatic rings. The number of rotatable bonds is 11. The maximum atomic E-state index is 15.3. The number of ether oxygens (including phenoxy) is 19. The van der Waals surface area contributed by atoms with Crippen LogP contribution >= 0.6 is 23.5 Å². The Morgan fingerprint density at radius 2 is 0.887 bits per heavy atom. The van der Waals surface area contributed by atoms with Crippen molar-refractivity contribution in [2.75, 3.05) is 86.4 Å². The van der Waals surface area contributed by atoms with E-state index in [0.29, 0.717) is 133 Å². The van der Waals surface area contributed by atoms with Crippen LogP contribution in [0.3, 0.4) is 0 Å². The number of phenolic OH excluding ortho intramolecular Hbond substituents is 1. The van der Waals surface area contributed by atoms with Crippen molar-refractivity contribution in [1.29, 1.82) is 10.5 Å². The molecule has 6 aromatic carbocycles. The SMILES string of the molecule is C.C.C=CCOc1c(OC)c(C)cc2c1[C@@H]1C3[C@@H]4SC[C@]5(NCCc6cc(OC(=O)OC(C)(C)C)c(OC)cc65)C(=O)OC[C@@H](c5c6c(c(C)c(OC(C)=O)c54)OCO6)N3[C@@H](C#N)[C@H](C2)N1C(=O)OC(C)(C)C.COc1cc2c(cc1OC(=O)OC(C)(C)C)CCN[C@]21CS[C@@H]2c3c(OC(C)=O)c(C)c4c(c3[C@H](COC1=O)N1C2[C@H]2c3c(cc(C)c(OC)c3O)C[C@@H]([C@@H]1C#N)N2C(=O)OC(C)(C)C)OCO4. The van der Waals surface area contributed by atoms with Gasteiger partial charge in [-0.3, -0.25) is 39.8 Å². The van der Waals surface area contributed by atoms with Crippen molar-refractivity contribution in [2.24, 2.45) is 0 Å². The zero-order valence-corrected chi connectivity index (χ0v) is 83.5. The smallest absolute Gasteiger partial charge is 0.504 e. The first-order chi connectivity index (χ1) is 65.8. The Labute approximate surface area is 828 Å². The second-order valence-electron chi connectivity index (χ2n) is 40.3. The molecule has 36 nitrogen and oxygen atoms in total. The van der Waals surface area contributed by atoms with Crippen LogP contribution in [0.15, 0.2) is 49.1 Å². The summed E-state index contributed by atoms with van der Waals surface area (Å²) in [7, 11) is 5.88. The number of carbonyl (C=O) groups excluding carboxylic acids is 8. The summed E-state index contributed by atoms with van der Waals surface area (Å²) in [5.74, 6) is 0.836. The first-order valence-electron chi connectivity index (χ1n) is 46.1. The molecule has 38 heteroatoms. The van der Waals surface area contributed by atoms with Crippen LogP contribution in [0, 0.1) is 50.4 Å². The summed E-state index contributed by atoms with van der Waals surface area (Å²) in [6.45, 7) is 34.6. The lowest BCUT2D eigenvalue weighted by Crippen LogP contribution is -2.71.